The van der Waals surface area contributed by atoms with Gasteiger partial charge >= 0.3 is 5.97 Å². The molecule has 1 heterocycles. The molecule has 0 fully saturated rings. The lowest BCUT2D eigenvalue weighted by Gasteiger charge is -2.07. The number of benzene rings is 2. The van der Waals surface area contributed by atoms with Gasteiger partial charge in [-0.3, -0.25) is 10.1 Å². The van der Waals surface area contributed by atoms with Crippen LogP contribution in [0.5, 0.6) is 0 Å². The Morgan fingerprint density at radius 3 is 2.66 bits per heavy atom. The van der Waals surface area contributed by atoms with E-state index in [1.165, 1.54) is 55.5 Å². The quantitative estimate of drug-likeness (QED) is 0.246. The maximum Gasteiger partial charge on any atom is 0.331 e. The van der Waals surface area contributed by atoms with Crippen LogP contribution in [-0.2, 0) is 9.53 Å². The smallest absolute Gasteiger partial charge is 0.331 e. The minimum Gasteiger partial charge on any atom is -0.449 e. The molecule has 0 N–H and O–H groups in total. The summed E-state index contributed by atoms with van der Waals surface area (Å²) in [6, 6.07) is 9.71. The average Bonchev–Trinajstić information content (AvgIpc) is 3.18. The van der Waals surface area contributed by atoms with Crippen LogP contribution in [0.25, 0.3) is 17.5 Å². The van der Waals surface area contributed by atoms with E-state index >= 15 is 0 Å². The third kappa shape index (κ3) is 4.82. The normalized spacial score (nSPS) is 12.1. The Morgan fingerprint density at radius 1 is 1.28 bits per heavy atom. The van der Waals surface area contributed by atoms with Gasteiger partial charge in [0.25, 0.3) is 11.6 Å². The molecule has 0 saturated carbocycles. The first-order valence-corrected chi connectivity index (χ1v) is 8.64. The number of nitrogens with zero attached hydrogens (tertiary/aromatic N) is 3. The van der Waals surface area contributed by atoms with E-state index in [1.807, 2.05) is 0 Å². The van der Waals surface area contributed by atoms with Gasteiger partial charge < -0.3 is 9.15 Å². The first-order chi connectivity index (χ1) is 13.8. The summed E-state index contributed by atoms with van der Waals surface area (Å²) >= 11 is 5.89. The highest BCUT2D eigenvalue weighted by Gasteiger charge is 2.18. The van der Waals surface area contributed by atoms with Crippen molar-refractivity contribution >= 4 is 29.3 Å². The molecule has 0 aliphatic heterocycles. The minimum absolute atomic E-state index is 0.0315. The summed E-state index contributed by atoms with van der Waals surface area (Å²) in [5, 5.41) is 18.5. The highest BCUT2D eigenvalue weighted by atomic mass is 35.5. The SMILES string of the molecule is CC(OC(=O)/C=C/c1c(F)cccc1Cl)c1nnc(-c2ccc([N+](=O)[O-])cc2)o1. The van der Waals surface area contributed by atoms with Crippen molar-refractivity contribution in [1.82, 2.24) is 10.2 Å². The predicted molar refractivity (Wildman–Crippen MR) is 101 cm³/mol. The first kappa shape index (κ1) is 20.2. The summed E-state index contributed by atoms with van der Waals surface area (Å²) in [5.41, 5.74) is 0.469. The molecule has 1 unspecified atom stereocenters. The third-order valence-corrected chi connectivity index (χ3v) is 4.12. The number of nitro benzene ring substituents is 1. The number of aromatic nitrogens is 2. The van der Waals surface area contributed by atoms with E-state index in [2.05, 4.69) is 10.2 Å². The summed E-state index contributed by atoms with van der Waals surface area (Å²) in [4.78, 5) is 22.1. The van der Waals surface area contributed by atoms with Crippen molar-refractivity contribution in [2.45, 2.75) is 13.0 Å². The molecule has 2 aromatic carbocycles. The van der Waals surface area contributed by atoms with Crippen LogP contribution in [0.2, 0.25) is 5.02 Å². The van der Waals surface area contributed by atoms with Gasteiger partial charge in [0.1, 0.15) is 5.82 Å². The molecule has 8 nitrogen and oxygen atoms in total. The van der Waals surface area contributed by atoms with Crippen LogP contribution < -0.4 is 0 Å². The third-order valence-electron chi connectivity index (χ3n) is 3.79. The minimum atomic E-state index is -0.873. The molecule has 3 rings (SSSR count). The van der Waals surface area contributed by atoms with Gasteiger partial charge in [0.15, 0.2) is 6.10 Å². The van der Waals surface area contributed by atoms with Crippen molar-refractivity contribution in [2.75, 3.05) is 0 Å². The van der Waals surface area contributed by atoms with Crippen LogP contribution in [0.15, 0.2) is 53.0 Å². The number of non-ortho nitro benzene ring substituents is 1. The standard InChI is InChI=1S/C19H13ClFN3O5/c1-11(28-17(25)10-9-14-15(20)3-2-4-16(14)21)18-22-23-19(29-18)12-5-7-13(8-6-12)24(26)27/h2-11H,1H3/b10-9+. The van der Waals surface area contributed by atoms with Crippen LogP contribution >= 0.6 is 11.6 Å². The highest BCUT2D eigenvalue weighted by molar-refractivity contribution is 6.32. The molecule has 1 atom stereocenters. The number of halogens is 2. The Balaban J connectivity index is 1.67. The lowest BCUT2D eigenvalue weighted by molar-refractivity contribution is -0.384. The van der Waals surface area contributed by atoms with E-state index in [0.717, 1.165) is 6.08 Å². The molecule has 0 radical (unpaired) electrons. The van der Waals surface area contributed by atoms with Gasteiger partial charge in [-0.25, -0.2) is 9.18 Å². The Morgan fingerprint density at radius 2 is 2.00 bits per heavy atom. The second-order valence-corrected chi connectivity index (χ2v) is 6.20. The molecule has 0 spiro atoms. The van der Waals surface area contributed by atoms with Crippen LogP contribution in [0.4, 0.5) is 10.1 Å². The maximum absolute atomic E-state index is 13.7. The van der Waals surface area contributed by atoms with Crippen molar-refractivity contribution in [1.29, 1.82) is 0 Å². The predicted octanol–water partition coefficient (Wildman–Crippen LogP) is 4.75. The zero-order chi connectivity index (χ0) is 21.0. The Labute approximate surface area is 168 Å². The number of nitro groups is 1. The van der Waals surface area contributed by atoms with Gasteiger partial charge in [0, 0.05) is 29.3 Å². The summed E-state index contributed by atoms with van der Waals surface area (Å²) in [5.74, 6) is -1.18. The topological polar surface area (TPSA) is 108 Å². The molecule has 1 aromatic heterocycles. The fourth-order valence-electron chi connectivity index (χ4n) is 2.33. The lowest BCUT2D eigenvalue weighted by Crippen LogP contribution is -2.06. The molecule has 3 aromatic rings. The fourth-order valence-corrected chi connectivity index (χ4v) is 2.55. The zero-order valence-corrected chi connectivity index (χ0v) is 15.7. The molecule has 0 amide bonds. The highest BCUT2D eigenvalue weighted by Crippen LogP contribution is 2.25. The maximum atomic E-state index is 13.7. The van der Waals surface area contributed by atoms with Gasteiger partial charge in [0.2, 0.25) is 5.89 Å². The Hall–Kier alpha value is -3.59. The van der Waals surface area contributed by atoms with E-state index < -0.39 is 22.8 Å². The largest absolute Gasteiger partial charge is 0.449 e. The molecule has 10 heteroatoms. The van der Waals surface area contributed by atoms with Crippen molar-refractivity contribution in [3.8, 4) is 11.5 Å². The van der Waals surface area contributed by atoms with Crippen molar-refractivity contribution in [2.24, 2.45) is 0 Å². The number of hydrogen-bond acceptors (Lipinski definition) is 7. The van der Waals surface area contributed by atoms with Gasteiger partial charge in [-0.2, -0.15) is 0 Å². The molecule has 0 aliphatic rings. The van der Waals surface area contributed by atoms with Crippen molar-refractivity contribution in [3.63, 3.8) is 0 Å². The van der Waals surface area contributed by atoms with E-state index in [1.54, 1.807) is 0 Å². The van der Waals surface area contributed by atoms with Crippen LogP contribution in [0.3, 0.4) is 0 Å². The van der Waals surface area contributed by atoms with Crippen molar-refractivity contribution in [3.05, 3.63) is 80.9 Å². The Kier molecular flexibility index (Phi) is 5.99. The monoisotopic (exact) mass is 417 g/mol. The van der Waals surface area contributed by atoms with Gasteiger partial charge in [-0.15, -0.1) is 10.2 Å². The summed E-state index contributed by atoms with van der Waals surface area (Å²) in [6.07, 6.45) is 1.37. The molecular weight excluding hydrogens is 405 g/mol. The van der Waals surface area contributed by atoms with Crippen LogP contribution in [-0.4, -0.2) is 21.1 Å². The van der Waals surface area contributed by atoms with Crippen molar-refractivity contribution < 1.29 is 23.3 Å². The summed E-state index contributed by atoms with van der Waals surface area (Å²) in [7, 11) is 0. The average molecular weight is 418 g/mol. The number of rotatable bonds is 6. The molecule has 0 aliphatic carbocycles. The number of carbonyl (C=O) groups excluding carboxylic acids is 1. The number of hydrogen-bond donors (Lipinski definition) is 0. The zero-order valence-electron chi connectivity index (χ0n) is 14.9. The molecule has 29 heavy (non-hydrogen) atoms. The van der Waals surface area contributed by atoms with E-state index in [-0.39, 0.29) is 28.1 Å². The summed E-state index contributed by atoms with van der Waals surface area (Å²) < 4.78 is 24.3. The fraction of sp³-hybridized carbons (Fsp3) is 0.105. The van der Waals surface area contributed by atoms with E-state index in [9.17, 15) is 19.3 Å². The molecule has 0 bridgehead atoms. The van der Waals surface area contributed by atoms with Crippen LogP contribution in [0, 0.1) is 15.9 Å². The van der Waals surface area contributed by atoms with Gasteiger partial charge in [0.05, 0.1) is 9.95 Å². The summed E-state index contributed by atoms with van der Waals surface area (Å²) in [6.45, 7) is 1.52. The number of esters is 1. The van der Waals surface area contributed by atoms with E-state index in [0.29, 0.717) is 5.56 Å². The van der Waals surface area contributed by atoms with Gasteiger partial charge in [-0.05, 0) is 37.3 Å². The second kappa shape index (κ2) is 8.61. The lowest BCUT2D eigenvalue weighted by atomic mass is 10.2. The first-order valence-electron chi connectivity index (χ1n) is 8.26. The second-order valence-electron chi connectivity index (χ2n) is 5.80. The van der Waals surface area contributed by atoms with Gasteiger partial charge in [-0.1, -0.05) is 17.7 Å². The molecule has 0 saturated heterocycles. The van der Waals surface area contributed by atoms with E-state index in [4.69, 9.17) is 20.8 Å². The molecular formula is C19H13ClFN3O5. The number of ether oxygens (including phenoxy) is 1. The van der Waals surface area contributed by atoms with Crippen LogP contribution in [0.1, 0.15) is 24.5 Å². The molecule has 148 valence electrons. The number of carbonyl (C=O) groups is 1. The Bertz CT molecular complexity index is 1060.